The molecule has 0 radical (unpaired) electrons. The van der Waals surface area contributed by atoms with Crippen molar-refractivity contribution < 1.29 is 8.78 Å². The Kier molecular flexibility index (Phi) is 4.97. The highest BCUT2D eigenvalue weighted by molar-refractivity contribution is 7.98. The molecule has 5 heteroatoms. The fourth-order valence-corrected chi connectivity index (χ4v) is 2.61. The van der Waals surface area contributed by atoms with E-state index in [9.17, 15) is 8.78 Å². The van der Waals surface area contributed by atoms with E-state index in [4.69, 9.17) is 0 Å². The van der Waals surface area contributed by atoms with Gasteiger partial charge in [0.2, 0.25) is 0 Å². The van der Waals surface area contributed by atoms with Gasteiger partial charge in [0.1, 0.15) is 0 Å². The molecule has 2 rings (SSSR count). The minimum atomic E-state index is -0.708. The van der Waals surface area contributed by atoms with Crippen LogP contribution in [0.2, 0.25) is 0 Å². The molecule has 0 unspecified atom stereocenters. The van der Waals surface area contributed by atoms with Gasteiger partial charge in [-0.2, -0.15) is 0 Å². The quantitative estimate of drug-likeness (QED) is 0.845. The van der Waals surface area contributed by atoms with Crippen LogP contribution < -0.4 is 5.32 Å². The van der Waals surface area contributed by atoms with Gasteiger partial charge in [0.25, 0.3) is 0 Å². The van der Waals surface area contributed by atoms with E-state index in [-0.39, 0.29) is 0 Å². The molecule has 0 atom stereocenters. The van der Waals surface area contributed by atoms with E-state index < -0.39 is 11.6 Å². The Morgan fingerprint density at radius 3 is 2.61 bits per heavy atom. The third-order valence-corrected chi connectivity index (χ3v) is 4.01. The maximum absolute atomic E-state index is 13.8. The molecule has 1 heterocycles. The molecular weight excluding hydrogens is 254 g/mol. The molecule has 1 saturated heterocycles. The minimum absolute atomic E-state index is 0.374. The number of rotatable bonds is 4. The molecule has 0 spiro atoms. The lowest BCUT2D eigenvalue weighted by Gasteiger charge is -2.27. The number of nitrogens with one attached hydrogen (secondary N) is 1. The second-order valence-electron chi connectivity index (χ2n) is 4.40. The van der Waals surface area contributed by atoms with Gasteiger partial charge in [0.05, 0.1) is 0 Å². The number of benzene rings is 1. The third-order valence-electron chi connectivity index (χ3n) is 3.25. The number of nitrogens with zero attached hydrogens (tertiary/aromatic N) is 1. The molecule has 1 aliphatic heterocycles. The van der Waals surface area contributed by atoms with E-state index in [1.807, 2.05) is 0 Å². The summed E-state index contributed by atoms with van der Waals surface area (Å²) < 4.78 is 27.4. The normalized spacial score (nSPS) is 17.1. The van der Waals surface area contributed by atoms with E-state index in [1.54, 1.807) is 18.4 Å². The standard InChI is InChI=1S/C13H18F2N2S/c1-18-11-3-2-10(12(14)13(11)15)4-7-17-8-5-16-6-9-17/h2-3,16H,4-9H2,1H3. The van der Waals surface area contributed by atoms with Crippen molar-refractivity contribution in [2.75, 3.05) is 39.0 Å². The van der Waals surface area contributed by atoms with E-state index >= 15 is 0 Å². The molecule has 0 amide bonds. The number of halogens is 2. The highest BCUT2D eigenvalue weighted by Gasteiger charge is 2.14. The zero-order valence-corrected chi connectivity index (χ0v) is 11.3. The van der Waals surface area contributed by atoms with Crippen LogP contribution >= 0.6 is 11.8 Å². The molecular formula is C13H18F2N2S. The fourth-order valence-electron chi connectivity index (χ4n) is 2.14. The second kappa shape index (κ2) is 6.50. The first kappa shape index (κ1) is 13.8. The molecule has 2 nitrogen and oxygen atoms in total. The van der Waals surface area contributed by atoms with Crippen LogP contribution in [0.4, 0.5) is 8.78 Å². The van der Waals surface area contributed by atoms with E-state index in [1.165, 1.54) is 11.8 Å². The number of thioether (sulfide) groups is 1. The lowest BCUT2D eigenvalue weighted by molar-refractivity contribution is 0.243. The van der Waals surface area contributed by atoms with Crippen molar-refractivity contribution in [3.05, 3.63) is 29.3 Å². The molecule has 0 aromatic heterocycles. The van der Waals surface area contributed by atoms with E-state index in [0.717, 1.165) is 32.7 Å². The summed E-state index contributed by atoms with van der Waals surface area (Å²) in [4.78, 5) is 2.65. The molecule has 0 bridgehead atoms. The van der Waals surface area contributed by atoms with Gasteiger partial charge in [-0.1, -0.05) is 6.07 Å². The monoisotopic (exact) mass is 272 g/mol. The van der Waals surface area contributed by atoms with Gasteiger partial charge in [0.15, 0.2) is 11.6 Å². The molecule has 1 aromatic rings. The Morgan fingerprint density at radius 2 is 1.94 bits per heavy atom. The number of hydrogen-bond acceptors (Lipinski definition) is 3. The number of piperazine rings is 1. The van der Waals surface area contributed by atoms with Crippen LogP contribution in [0, 0.1) is 11.6 Å². The van der Waals surface area contributed by atoms with Crippen LogP contribution in [-0.4, -0.2) is 43.9 Å². The first-order valence-corrected chi connectivity index (χ1v) is 7.39. The van der Waals surface area contributed by atoms with Crippen LogP contribution in [0.15, 0.2) is 17.0 Å². The van der Waals surface area contributed by atoms with Crippen molar-refractivity contribution in [3.63, 3.8) is 0 Å². The Bertz CT molecular complexity index is 406. The summed E-state index contributed by atoms with van der Waals surface area (Å²) in [7, 11) is 0. The van der Waals surface area contributed by atoms with Crippen molar-refractivity contribution in [1.82, 2.24) is 10.2 Å². The van der Waals surface area contributed by atoms with Gasteiger partial charge in [-0.15, -0.1) is 11.8 Å². The Labute approximate surface area is 111 Å². The van der Waals surface area contributed by atoms with Gasteiger partial charge in [-0.3, -0.25) is 0 Å². The van der Waals surface area contributed by atoms with Crippen LogP contribution in [0.1, 0.15) is 5.56 Å². The van der Waals surface area contributed by atoms with Crippen molar-refractivity contribution in [1.29, 1.82) is 0 Å². The minimum Gasteiger partial charge on any atom is -0.314 e. The first-order chi connectivity index (χ1) is 8.72. The van der Waals surface area contributed by atoms with Gasteiger partial charge >= 0.3 is 0 Å². The Hall–Kier alpha value is -0.650. The molecule has 1 fully saturated rings. The topological polar surface area (TPSA) is 15.3 Å². The van der Waals surface area contributed by atoms with Crippen LogP contribution in [-0.2, 0) is 6.42 Å². The van der Waals surface area contributed by atoms with Gasteiger partial charge in [-0.05, 0) is 24.3 Å². The summed E-state index contributed by atoms with van der Waals surface area (Å²) in [5.41, 5.74) is 0.476. The zero-order chi connectivity index (χ0) is 13.0. The zero-order valence-electron chi connectivity index (χ0n) is 10.5. The third kappa shape index (κ3) is 3.22. The van der Waals surface area contributed by atoms with Crippen LogP contribution in [0.5, 0.6) is 0 Å². The molecule has 18 heavy (non-hydrogen) atoms. The maximum Gasteiger partial charge on any atom is 0.172 e. The first-order valence-electron chi connectivity index (χ1n) is 6.16. The van der Waals surface area contributed by atoms with Crippen LogP contribution in [0.3, 0.4) is 0 Å². The maximum atomic E-state index is 13.8. The molecule has 0 saturated carbocycles. The van der Waals surface area contributed by atoms with Crippen molar-refractivity contribution in [2.24, 2.45) is 0 Å². The van der Waals surface area contributed by atoms with Crippen LogP contribution in [0.25, 0.3) is 0 Å². The number of hydrogen-bond donors (Lipinski definition) is 1. The molecule has 100 valence electrons. The van der Waals surface area contributed by atoms with Crippen molar-refractivity contribution >= 4 is 11.8 Å². The Morgan fingerprint density at radius 1 is 1.22 bits per heavy atom. The van der Waals surface area contributed by atoms with Crippen molar-refractivity contribution in [2.45, 2.75) is 11.3 Å². The smallest absolute Gasteiger partial charge is 0.172 e. The molecule has 0 aliphatic carbocycles. The highest BCUT2D eigenvalue weighted by atomic mass is 32.2. The summed E-state index contributed by atoms with van der Waals surface area (Å²) >= 11 is 1.23. The summed E-state index contributed by atoms with van der Waals surface area (Å²) in [6, 6.07) is 3.36. The molecule has 1 aromatic carbocycles. The van der Waals surface area contributed by atoms with Gasteiger partial charge in [-0.25, -0.2) is 8.78 Å². The average molecular weight is 272 g/mol. The SMILES string of the molecule is CSc1ccc(CCN2CCNCC2)c(F)c1F. The second-order valence-corrected chi connectivity index (χ2v) is 5.24. The average Bonchev–Trinajstić information content (AvgIpc) is 2.42. The predicted octanol–water partition coefficient (Wildman–Crippen LogP) is 2.13. The van der Waals surface area contributed by atoms with Gasteiger partial charge < -0.3 is 10.2 Å². The van der Waals surface area contributed by atoms with Gasteiger partial charge in [0, 0.05) is 37.6 Å². The van der Waals surface area contributed by atoms with E-state index in [2.05, 4.69) is 10.2 Å². The lowest BCUT2D eigenvalue weighted by Crippen LogP contribution is -2.44. The predicted molar refractivity (Wildman–Crippen MR) is 71.2 cm³/mol. The summed E-state index contributed by atoms with van der Waals surface area (Å²) in [5, 5.41) is 3.27. The lowest BCUT2D eigenvalue weighted by atomic mass is 10.1. The van der Waals surface area contributed by atoms with E-state index in [0.29, 0.717) is 16.9 Å². The molecule has 1 aliphatic rings. The summed E-state index contributed by atoms with van der Waals surface area (Å²) in [6.45, 7) is 4.70. The molecule has 1 N–H and O–H groups in total. The fraction of sp³-hybridized carbons (Fsp3) is 0.538. The summed E-state index contributed by atoms with van der Waals surface area (Å²) in [6.07, 6.45) is 2.32. The highest BCUT2D eigenvalue weighted by Crippen LogP contribution is 2.24. The largest absolute Gasteiger partial charge is 0.314 e. The summed E-state index contributed by atoms with van der Waals surface area (Å²) in [5.74, 6) is -1.39. The van der Waals surface area contributed by atoms with Crippen molar-refractivity contribution in [3.8, 4) is 0 Å². The Balaban J connectivity index is 1.98.